The Bertz CT molecular complexity index is 1580. The van der Waals surface area contributed by atoms with E-state index in [1.54, 1.807) is 18.0 Å². The number of thiocarbonyl (C=S) groups is 1. The third-order valence-electron chi connectivity index (χ3n) is 8.67. The highest BCUT2D eigenvalue weighted by Gasteiger charge is 2.41. The number of rotatable bonds is 4. The molecule has 1 aliphatic carbocycles. The third-order valence-corrected chi connectivity index (χ3v) is 11.1. The smallest absolute Gasteiger partial charge is 0.265 e. The number of hydrogen-bond acceptors (Lipinski definition) is 9. The predicted molar refractivity (Wildman–Crippen MR) is 171 cm³/mol. The van der Waals surface area contributed by atoms with Crippen LogP contribution >= 0.6 is 34.9 Å². The van der Waals surface area contributed by atoms with Gasteiger partial charge in [0.05, 0.1) is 10.4 Å². The number of amides is 2. The van der Waals surface area contributed by atoms with Gasteiger partial charge in [-0.2, -0.15) is 0 Å². The maximum Gasteiger partial charge on any atom is 0.265 e. The second-order valence-corrected chi connectivity index (χ2v) is 14.3. The summed E-state index contributed by atoms with van der Waals surface area (Å²) in [6.45, 7) is 6.83. The molecular weight excluding hydrogens is 573 g/mol. The zero-order chi connectivity index (χ0) is 29.1. The quantitative estimate of drug-likeness (QED) is 0.131. The van der Waals surface area contributed by atoms with Gasteiger partial charge in [0.15, 0.2) is 5.11 Å². The predicted octanol–water partition coefficient (Wildman–Crippen LogP) is 7.80. The van der Waals surface area contributed by atoms with E-state index in [0.29, 0.717) is 16.2 Å². The van der Waals surface area contributed by atoms with Gasteiger partial charge in [-0.25, -0.2) is 4.98 Å². The van der Waals surface area contributed by atoms with Gasteiger partial charge in [0.1, 0.15) is 10.4 Å². The molecule has 4 heterocycles. The Morgan fingerprint density at radius 3 is 2.54 bits per heavy atom. The standard InChI is InChI=1S/C30H34N6O2S3/c1-17-16-30(2,3)35(5)23-12-11-18(13-21(17)23)32-33-28-31-25-24(41-28)15-20(40-25)14-22-26(37)34(4)29(39)36(27(22)38)19-9-7-6-8-10-19/h11-15,17,19H,6-10,16H2,1-5H3/b22-14+,33-32?. The molecule has 1 atom stereocenters. The molecule has 0 bridgehead atoms. The molecule has 11 heteroatoms. The first-order valence-electron chi connectivity index (χ1n) is 14.1. The number of nitrogens with zero attached hydrogens (tertiary/aromatic N) is 6. The number of fused-ring (bicyclic) bond motifs is 2. The summed E-state index contributed by atoms with van der Waals surface area (Å²) in [5.41, 5.74) is 3.62. The number of hydrogen-bond donors (Lipinski definition) is 0. The first-order valence-corrected chi connectivity index (χ1v) is 16.1. The largest absolute Gasteiger partial charge is 0.369 e. The maximum atomic E-state index is 13.5. The SMILES string of the molecule is CC1CC(C)(C)N(C)c2ccc(N=Nc3nc4sc(/C=C5\C(=O)N(C)C(=S)N(C6CCCCC6)C5=O)cc4s3)cc21. The van der Waals surface area contributed by atoms with Crippen molar-refractivity contribution in [1.82, 2.24) is 14.8 Å². The van der Waals surface area contributed by atoms with E-state index in [2.05, 4.69) is 60.1 Å². The average Bonchev–Trinajstić information content (AvgIpc) is 3.51. The van der Waals surface area contributed by atoms with Gasteiger partial charge in [0, 0.05) is 36.2 Å². The van der Waals surface area contributed by atoms with Gasteiger partial charge >= 0.3 is 0 Å². The summed E-state index contributed by atoms with van der Waals surface area (Å²) in [7, 11) is 3.80. The highest BCUT2D eigenvalue weighted by Crippen LogP contribution is 2.44. The summed E-state index contributed by atoms with van der Waals surface area (Å²) >= 11 is 8.40. The van der Waals surface area contributed by atoms with Gasteiger partial charge in [-0.15, -0.1) is 21.6 Å². The van der Waals surface area contributed by atoms with Crippen molar-refractivity contribution in [2.45, 2.75) is 76.8 Å². The zero-order valence-electron chi connectivity index (χ0n) is 24.0. The van der Waals surface area contributed by atoms with E-state index in [1.165, 1.54) is 45.2 Å². The van der Waals surface area contributed by atoms with E-state index < -0.39 is 0 Å². The van der Waals surface area contributed by atoms with Gasteiger partial charge in [-0.05, 0) is 87.2 Å². The molecule has 0 N–H and O–H groups in total. The van der Waals surface area contributed by atoms with Crippen molar-refractivity contribution in [3.63, 3.8) is 0 Å². The summed E-state index contributed by atoms with van der Waals surface area (Å²) in [5.74, 6) is -0.212. The number of azo groups is 1. The summed E-state index contributed by atoms with van der Waals surface area (Å²) in [4.78, 5) is 38.2. The van der Waals surface area contributed by atoms with Crippen molar-refractivity contribution in [3.8, 4) is 0 Å². The van der Waals surface area contributed by atoms with E-state index in [9.17, 15) is 9.59 Å². The molecule has 2 amide bonds. The molecule has 3 aliphatic rings. The second kappa shape index (κ2) is 10.7. The van der Waals surface area contributed by atoms with Crippen LogP contribution in [0.3, 0.4) is 0 Å². The van der Waals surface area contributed by atoms with Gasteiger partial charge in [0.2, 0.25) is 5.13 Å². The number of carbonyl (C=O) groups is 2. The fourth-order valence-electron chi connectivity index (χ4n) is 6.25. The van der Waals surface area contributed by atoms with Crippen molar-refractivity contribution in [2.75, 3.05) is 19.0 Å². The fraction of sp³-hybridized carbons (Fsp3) is 0.467. The van der Waals surface area contributed by atoms with Gasteiger partial charge in [-0.1, -0.05) is 37.5 Å². The summed E-state index contributed by atoms with van der Waals surface area (Å²) in [5, 5.41) is 9.80. The second-order valence-electron chi connectivity index (χ2n) is 11.9. The Kier molecular flexibility index (Phi) is 7.32. The Labute approximate surface area is 253 Å². The topological polar surface area (TPSA) is 81.5 Å². The van der Waals surface area contributed by atoms with Crippen LogP contribution in [0.15, 0.2) is 40.1 Å². The molecule has 2 aromatic heterocycles. The van der Waals surface area contributed by atoms with Crippen LogP contribution in [0.4, 0.5) is 16.5 Å². The van der Waals surface area contributed by atoms with Crippen molar-refractivity contribution in [2.24, 2.45) is 10.2 Å². The number of thiophene rings is 1. The van der Waals surface area contributed by atoms with Crippen LogP contribution < -0.4 is 4.90 Å². The number of anilines is 1. The minimum Gasteiger partial charge on any atom is -0.369 e. The molecule has 2 aliphatic heterocycles. The lowest BCUT2D eigenvalue weighted by molar-refractivity contribution is -0.134. The summed E-state index contributed by atoms with van der Waals surface area (Å²) < 4.78 is 0.947. The van der Waals surface area contributed by atoms with Crippen molar-refractivity contribution in [3.05, 3.63) is 40.3 Å². The Balaban J connectivity index is 1.22. The van der Waals surface area contributed by atoms with E-state index in [-0.39, 0.29) is 29.0 Å². The number of thiazole rings is 1. The molecule has 0 spiro atoms. The highest BCUT2D eigenvalue weighted by molar-refractivity contribution is 7.80. The lowest BCUT2D eigenvalue weighted by atomic mass is 9.80. The van der Waals surface area contributed by atoms with Gasteiger partial charge < -0.3 is 4.90 Å². The van der Waals surface area contributed by atoms with Crippen LogP contribution in [0.2, 0.25) is 0 Å². The average molecular weight is 607 g/mol. The van der Waals surface area contributed by atoms with Crippen molar-refractivity contribution in [1.29, 1.82) is 0 Å². The number of benzene rings is 1. The van der Waals surface area contributed by atoms with E-state index >= 15 is 0 Å². The molecule has 41 heavy (non-hydrogen) atoms. The molecular formula is C30H34N6O2S3. The summed E-state index contributed by atoms with van der Waals surface area (Å²) in [6.07, 6.45) is 7.91. The zero-order valence-corrected chi connectivity index (χ0v) is 26.5. The Hall–Kier alpha value is -3.02. The van der Waals surface area contributed by atoms with E-state index in [0.717, 1.165) is 52.2 Å². The molecule has 8 nitrogen and oxygen atoms in total. The highest BCUT2D eigenvalue weighted by atomic mass is 32.1. The lowest BCUT2D eigenvalue weighted by Crippen LogP contribution is -2.58. The molecule has 214 valence electrons. The molecule has 0 radical (unpaired) electrons. The monoisotopic (exact) mass is 606 g/mol. The molecule has 1 unspecified atom stereocenters. The molecule has 1 saturated heterocycles. The van der Waals surface area contributed by atoms with Crippen LogP contribution in [0.5, 0.6) is 0 Å². The van der Waals surface area contributed by atoms with E-state index in [1.807, 2.05) is 12.1 Å². The Morgan fingerprint density at radius 1 is 1.05 bits per heavy atom. The van der Waals surface area contributed by atoms with Crippen LogP contribution in [-0.2, 0) is 9.59 Å². The van der Waals surface area contributed by atoms with Crippen LogP contribution in [0.25, 0.3) is 15.6 Å². The minimum atomic E-state index is -0.361. The van der Waals surface area contributed by atoms with Crippen LogP contribution in [0, 0.1) is 0 Å². The fourth-order valence-corrected chi connectivity index (χ4v) is 8.55. The van der Waals surface area contributed by atoms with Crippen molar-refractivity contribution >= 4 is 83.9 Å². The first kappa shape index (κ1) is 28.1. The molecule has 6 rings (SSSR count). The number of aromatic nitrogens is 1. The molecule has 1 saturated carbocycles. The number of likely N-dealkylation sites (N-methyl/N-ethyl adjacent to an activating group) is 1. The normalized spacial score (nSPS) is 23.0. The molecule has 3 aromatic rings. The summed E-state index contributed by atoms with van der Waals surface area (Å²) in [6, 6.07) is 8.28. The van der Waals surface area contributed by atoms with Gasteiger partial charge in [-0.3, -0.25) is 19.4 Å². The minimum absolute atomic E-state index is 0.0511. The molecule has 2 fully saturated rings. The van der Waals surface area contributed by atoms with Crippen LogP contribution in [-0.4, -0.2) is 57.4 Å². The van der Waals surface area contributed by atoms with Gasteiger partial charge in [0.25, 0.3) is 11.8 Å². The Morgan fingerprint density at radius 2 is 1.80 bits per heavy atom. The third kappa shape index (κ3) is 5.12. The number of carbonyl (C=O) groups excluding carboxylic acids is 2. The lowest BCUT2D eigenvalue weighted by Gasteiger charge is -2.45. The van der Waals surface area contributed by atoms with E-state index in [4.69, 9.17) is 12.2 Å². The first-order chi connectivity index (χ1) is 19.5. The van der Waals surface area contributed by atoms with Crippen molar-refractivity contribution < 1.29 is 9.59 Å². The maximum absolute atomic E-state index is 13.5. The molecule has 1 aromatic carbocycles. The van der Waals surface area contributed by atoms with Crippen LogP contribution in [0.1, 0.15) is 75.7 Å².